The molecule has 4 rings (SSSR count). The Morgan fingerprint density at radius 3 is 2.86 bits per heavy atom. The fourth-order valence-electron chi connectivity index (χ4n) is 3.67. The van der Waals surface area contributed by atoms with E-state index in [0.29, 0.717) is 19.0 Å². The number of ether oxygens (including phenoxy) is 1. The Labute approximate surface area is 173 Å². The van der Waals surface area contributed by atoms with Crippen molar-refractivity contribution in [3.63, 3.8) is 0 Å². The third-order valence-electron chi connectivity index (χ3n) is 5.00. The molecule has 0 N–H and O–H groups in total. The first-order chi connectivity index (χ1) is 13.6. The summed E-state index contributed by atoms with van der Waals surface area (Å²) in [6, 6.07) is 14.1. The molecule has 142 valence electrons. The maximum atomic E-state index is 12.3. The lowest BCUT2D eigenvalue weighted by Gasteiger charge is -2.33. The normalized spacial score (nSPS) is 15.8. The summed E-state index contributed by atoms with van der Waals surface area (Å²) in [4.78, 5) is 19.6. The van der Waals surface area contributed by atoms with E-state index in [2.05, 4.69) is 23.7 Å². The number of methoxy groups -OCH3 is 1. The second kappa shape index (κ2) is 7.78. The highest BCUT2D eigenvalue weighted by Crippen LogP contribution is 2.42. The Balaban J connectivity index is 1.81. The van der Waals surface area contributed by atoms with Crippen LogP contribution in [0.4, 0.5) is 0 Å². The second-order valence-corrected chi connectivity index (χ2v) is 8.35. The fraction of sp³-hybridized carbons (Fsp3) is 0.182. The van der Waals surface area contributed by atoms with Gasteiger partial charge in [0, 0.05) is 35.2 Å². The van der Waals surface area contributed by atoms with Crippen LogP contribution in [0.1, 0.15) is 21.9 Å². The predicted molar refractivity (Wildman–Crippen MR) is 113 cm³/mol. The fourth-order valence-corrected chi connectivity index (χ4v) is 5.03. The van der Waals surface area contributed by atoms with Gasteiger partial charge in [0.15, 0.2) is 0 Å². The first-order valence-corrected chi connectivity index (χ1v) is 10.1. The van der Waals surface area contributed by atoms with Gasteiger partial charge in [0.2, 0.25) is 11.8 Å². The number of rotatable bonds is 4. The van der Waals surface area contributed by atoms with E-state index in [-0.39, 0.29) is 11.8 Å². The van der Waals surface area contributed by atoms with E-state index in [1.807, 2.05) is 41.4 Å². The molecule has 0 spiro atoms. The van der Waals surface area contributed by atoms with Crippen molar-refractivity contribution in [3.05, 3.63) is 81.7 Å². The number of fused-ring (bicyclic) bond motifs is 1. The molecule has 1 aliphatic heterocycles. The van der Waals surface area contributed by atoms with Crippen molar-refractivity contribution in [2.75, 3.05) is 13.7 Å². The number of carbonyl (C=O) groups excluding carboxylic acids is 1. The molecule has 4 nitrogen and oxygen atoms in total. The van der Waals surface area contributed by atoms with E-state index in [0.717, 1.165) is 25.9 Å². The van der Waals surface area contributed by atoms with Crippen LogP contribution in [-0.4, -0.2) is 29.4 Å². The van der Waals surface area contributed by atoms with Crippen molar-refractivity contribution >= 4 is 28.8 Å². The number of nitrogens with zero attached hydrogens (tertiary/aromatic N) is 2. The quantitative estimate of drug-likeness (QED) is 0.560. The average molecular weight is 411 g/mol. The van der Waals surface area contributed by atoms with Crippen LogP contribution in [-0.2, 0) is 11.3 Å². The Morgan fingerprint density at radius 1 is 1.32 bits per heavy atom. The largest absolute Gasteiger partial charge is 0.481 e. The van der Waals surface area contributed by atoms with Crippen molar-refractivity contribution < 1.29 is 9.53 Å². The van der Waals surface area contributed by atoms with Gasteiger partial charge in [-0.1, -0.05) is 42.4 Å². The molecule has 1 amide bonds. The summed E-state index contributed by atoms with van der Waals surface area (Å²) in [5, 5.41) is 0. The van der Waals surface area contributed by atoms with Crippen LogP contribution in [0.3, 0.4) is 0 Å². The smallest absolute Gasteiger partial charge is 0.246 e. The Morgan fingerprint density at radius 2 is 2.14 bits per heavy atom. The van der Waals surface area contributed by atoms with Crippen LogP contribution >= 0.6 is 22.9 Å². The molecule has 1 atom stereocenters. The van der Waals surface area contributed by atoms with E-state index in [1.54, 1.807) is 7.11 Å². The summed E-state index contributed by atoms with van der Waals surface area (Å²) in [5.74, 6) is 0.548. The van der Waals surface area contributed by atoms with Crippen LogP contribution in [0.25, 0.3) is 11.1 Å². The minimum absolute atomic E-state index is 0.0368. The van der Waals surface area contributed by atoms with Crippen LogP contribution in [0, 0.1) is 0 Å². The number of halogens is 1. The number of carbonyl (C=O) groups is 1. The van der Waals surface area contributed by atoms with Crippen LogP contribution < -0.4 is 4.74 Å². The van der Waals surface area contributed by atoms with Crippen LogP contribution in [0.15, 0.2) is 61.3 Å². The van der Waals surface area contributed by atoms with Crippen molar-refractivity contribution in [3.8, 4) is 17.0 Å². The first-order valence-electron chi connectivity index (χ1n) is 8.89. The average Bonchev–Trinajstić information content (AvgIpc) is 3.12. The topological polar surface area (TPSA) is 42.4 Å². The molecule has 1 aliphatic rings. The molecule has 3 heterocycles. The van der Waals surface area contributed by atoms with E-state index >= 15 is 0 Å². The summed E-state index contributed by atoms with van der Waals surface area (Å²) in [6.45, 7) is 4.80. The molecule has 28 heavy (non-hydrogen) atoms. The number of thiophene rings is 1. The van der Waals surface area contributed by atoms with Gasteiger partial charge in [0.1, 0.15) is 0 Å². The zero-order valence-corrected chi connectivity index (χ0v) is 17.0. The molecule has 0 bridgehead atoms. The minimum atomic E-state index is -0.0660. The van der Waals surface area contributed by atoms with Gasteiger partial charge in [-0.2, -0.15) is 0 Å². The monoisotopic (exact) mass is 410 g/mol. The van der Waals surface area contributed by atoms with Gasteiger partial charge >= 0.3 is 0 Å². The van der Waals surface area contributed by atoms with Gasteiger partial charge < -0.3 is 9.64 Å². The highest BCUT2D eigenvalue weighted by molar-refractivity contribution is 7.16. The summed E-state index contributed by atoms with van der Waals surface area (Å²) < 4.78 is 5.92. The molecular weight excluding hydrogens is 392 g/mol. The lowest BCUT2D eigenvalue weighted by Crippen LogP contribution is -2.37. The Hall–Kier alpha value is -2.63. The number of pyridine rings is 1. The van der Waals surface area contributed by atoms with Crippen molar-refractivity contribution in [2.45, 2.75) is 12.5 Å². The van der Waals surface area contributed by atoms with Crippen molar-refractivity contribution in [1.29, 1.82) is 0 Å². The summed E-state index contributed by atoms with van der Waals surface area (Å²) in [6.07, 6.45) is 3.19. The van der Waals surface area contributed by atoms with E-state index < -0.39 is 0 Å². The molecule has 6 heteroatoms. The van der Waals surface area contributed by atoms with E-state index in [9.17, 15) is 4.79 Å². The zero-order chi connectivity index (χ0) is 19.7. The van der Waals surface area contributed by atoms with E-state index in [1.165, 1.54) is 23.0 Å². The second-order valence-electron chi connectivity index (χ2n) is 6.58. The predicted octanol–water partition coefficient (Wildman–Crippen LogP) is 5.13. The molecule has 0 aliphatic carbocycles. The molecule has 1 aromatic carbocycles. The van der Waals surface area contributed by atoms with Gasteiger partial charge in [0.25, 0.3) is 0 Å². The third kappa shape index (κ3) is 3.43. The SMILES string of the molecule is C=CC(=O)N1Cc2sc(Cl)cc2[C@@H](c2ccccc2-c2ccc(OC)nc2)C1. The molecule has 0 fully saturated rings. The van der Waals surface area contributed by atoms with Crippen molar-refractivity contribution in [2.24, 2.45) is 0 Å². The maximum Gasteiger partial charge on any atom is 0.246 e. The third-order valence-corrected chi connectivity index (χ3v) is 6.27. The van der Waals surface area contributed by atoms with Crippen molar-refractivity contribution in [1.82, 2.24) is 9.88 Å². The molecular formula is C22H19ClN2O2S. The lowest BCUT2D eigenvalue weighted by molar-refractivity contribution is -0.127. The van der Waals surface area contributed by atoms with Crippen LogP contribution in [0.2, 0.25) is 4.34 Å². The molecule has 2 aromatic heterocycles. The Kier molecular flexibility index (Phi) is 5.20. The highest BCUT2D eigenvalue weighted by atomic mass is 35.5. The Bertz CT molecular complexity index is 1030. The number of hydrogen-bond donors (Lipinski definition) is 0. The van der Waals surface area contributed by atoms with Gasteiger partial charge in [-0.25, -0.2) is 4.98 Å². The molecule has 0 unspecified atom stereocenters. The van der Waals surface area contributed by atoms with Gasteiger partial charge in [0.05, 0.1) is 18.0 Å². The van der Waals surface area contributed by atoms with E-state index in [4.69, 9.17) is 16.3 Å². The van der Waals surface area contributed by atoms with Gasteiger partial charge in [-0.15, -0.1) is 11.3 Å². The lowest BCUT2D eigenvalue weighted by atomic mass is 9.84. The highest BCUT2D eigenvalue weighted by Gasteiger charge is 2.31. The van der Waals surface area contributed by atoms with Gasteiger partial charge in [-0.3, -0.25) is 4.79 Å². The molecule has 3 aromatic rings. The summed E-state index contributed by atoms with van der Waals surface area (Å²) >= 11 is 7.86. The zero-order valence-electron chi connectivity index (χ0n) is 15.4. The molecule has 0 radical (unpaired) electrons. The standard InChI is InChI=1S/C22H19ClN2O2S/c1-3-22(26)25-12-18(17-10-20(23)28-19(17)13-25)16-7-5-4-6-15(16)14-8-9-21(27-2)24-11-14/h3-11,18H,1,12-13H2,2H3/t18-/m1/s1. The van der Waals surface area contributed by atoms with Crippen LogP contribution in [0.5, 0.6) is 5.88 Å². The summed E-state index contributed by atoms with van der Waals surface area (Å²) in [7, 11) is 1.60. The number of amides is 1. The number of hydrogen-bond acceptors (Lipinski definition) is 4. The number of benzene rings is 1. The maximum absolute atomic E-state index is 12.3. The summed E-state index contributed by atoms with van der Waals surface area (Å²) in [5.41, 5.74) is 4.43. The minimum Gasteiger partial charge on any atom is -0.481 e. The first kappa shape index (κ1) is 18.7. The van der Waals surface area contributed by atoms with Gasteiger partial charge in [-0.05, 0) is 34.9 Å². The molecule has 0 saturated carbocycles. The number of aromatic nitrogens is 1. The molecule has 0 saturated heterocycles.